The quantitative estimate of drug-likeness (QED) is 0.764. The van der Waals surface area contributed by atoms with Crippen LogP contribution in [0.3, 0.4) is 0 Å². The average molecular weight is 382 g/mol. The molecule has 9 nitrogen and oxygen atoms in total. The molecule has 7 rings (SSSR count). The van der Waals surface area contributed by atoms with E-state index >= 15 is 0 Å². The van der Waals surface area contributed by atoms with Crippen LogP contribution in [0.2, 0.25) is 0 Å². The lowest BCUT2D eigenvalue weighted by Gasteiger charge is -2.51. The van der Waals surface area contributed by atoms with Crippen molar-refractivity contribution in [1.82, 2.24) is 30.0 Å². The van der Waals surface area contributed by atoms with Gasteiger partial charge in [0.05, 0.1) is 6.04 Å². The van der Waals surface area contributed by atoms with Crippen LogP contribution in [-0.2, 0) is 11.3 Å². The van der Waals surface area contributed by atoms with Gasteiger partial charge < -0.3 is 14.4 Å². The number of hydrogen-bond donors (Lipinski definition) is 0. The van der Waals surface area contributed by atoms with E-state index in [1.54, 1.807) is 0 Å². The van der Waals surface area contributed by atoms with Gasteiger partial charge in [-0.25, -0.2) is 4.68 Å². The number of likely N-dealkylation sites (tertiary alicyclic amines) is 1. The Balaban J connectivity index is 1.34. The molecule has 2 bridgehead atoms. The summed E-state index contributed by atoms with van der Waals surface area (Å²) in [5, 5.41) is 11.2. The van der Waals surface area contributed by atoms with Gasteiger partial charge in [-0.05, 0) is 60.0 Å². The minimum absolute atomic E-state index is 0.0966. The number of amides is 1. The number of carbonyl (C=O) groups excluding carboxylic acids is 1. The van der Waals surface area contributed by atoms with Gasteiger partial charge in [0.2, 0.25) is 12.7 Å². The maximum absolute atomic E-state index is 13.2. The predicted octanol–water partition coefficient (Wildman–Crippen LogP) is 0.491. The third-order valence-corrected chi connectivity index (χ3v) is 6.83. The molecule has 1 aromatic carbocycles. The van der Waals surface area contributed by atoms with Gasteiger partial charge >= 0.3 is 0 Å². The van der Waals surface area contributed by atoms with Crippen molar-refractivity contribution in [3.63, 3.8) is 0 Å². The molecule has 3 atom stereocenters. The minimum atomic E-state index is 0.0966. The molecule has 0 N–H and O–H groups in total. The number of nitrogens with zero attached hydrogens (tertiary/aromatic N) is 6. The molecule has 0 radical (unpaired) electrons. The topological polar surface area (TPSA) is 85.6 Å². The average Bonchev–Trinajstić information content (AvgIpc) is 3.47. The first-order valence-electron chi connectivity index (χ1n) is 9.92. The molecule has 4 saturated heterocycles. The number of hydrogen-bond acceptors (Lipinski definition) is 7. The smallest absolute Gasteiger partial charge is 0.244 e. The summed E-state index contributed by atoms with van der Waals surface area (Å²) in [6.45, 7) is 3.45. The van der Waals surface area contributed by atoms with Crippen LogP contribution in [0.15, 0.2) is 24.5 Å². The number of benzene rings is 1. The summed E-state index contributed by atoms with van der Waals surface area (Å²) in [5.41, 5.74) is 1.23. The number of piperidine rings is 3. The highest BCUT2D eigenvalue weighted by Gasteiger charge is 2.54. The monoisotopic (exact) mass is 382 g/mol. The normalized spacial score (nSPS) is 32.6. The second-order valence-electron chi connectivity index (χ2n) is 8.13. The van der Waals surface area contributed by atoms with Crippen molar-refractivity contribution in [1.29, 1.82) is 0 Å². The minimum Gasteiger partial charge on any atom is -0.454 e. The van der Waals surface area contributed by atoms with Crippen molar-refractivity contribution in [3.05, 3.63) is 30.1 Å². The summed E-state index contributed by atoms with van der Waals surface area (Å²) in [6, 6.07) is 6.86. The van der Waals surface area contributed by atoms with Crippen LogP contribution in [0, 0.1) is 5.92 Å². The van der Waals surface area contributed by atoms with E-state index in [-0.39, 0.29) is 31.2 Å². The molecule has 5 aliphatic rings. The van der Waals surface area contributed by atoms with Crippen LogP contribution in [0.25, 0.3) is 0 Å². The maximum atomic E-state index is 13.2. The Hall–Kier alpha value is -2.68. The lowest BCUT2D eigenvalue weighted by Crippen LogP contribution is -2.61. The second kappa shape index (κ2) is 6.16. The largest absolute Gasteiger partial charge is 0.454 e. The Labute approximate surface area is 162 Å². The first-order chi connectivity index (χ1) is 13.8. The zero-order valence-corrected chi connectivity index (χ0v) is 15.5. The van der Waals surface area contributed by atoms with Gasteiger partial charge in [-0.2, -0.15) is 0 Å². The van der Waals surface area contributed by atoms with E-state index in [1.165, 1.54) is 29.4 Å². The Kier molecular flexibility index (Phi) is 3.59. The van der Waals surface area contributed by atoms with Gasteiger partial charge in [0, 0.05) is 18.5 Å². The summed E-state index contributed by atoms with van der Waals surface area (Å²) in [4.78, 5) is 17.8. The highest BCUT2D eigenvalue weighted by Crippen LogP contribution is 2.47. The fourth-order valence-corrected chi connectivity index (χ4v) is 5.62. The number of rotatable bonds is 3. The Bertz CT molecular complexity index is 895. The zero-order valence-electron chi connectivity index (χ0n) is 15.5. The van der Waals surface area contributed by atoms with Gasteiger partial charge in [0.1, 0.15) is 12.9 Å². The molecule has 0 aliphatic carbocycles. The molecule has 9 heteroatoms. The van der Waals surface area contributed by atoms with E-state index in [4.69, 9.17) is 9.47 Å². The van der Waals surface area contributed by atoms with Gasteiger partial charge in [-0.1, -0.05) is 6.07 Å². The van der Waals surface area contributed by atoms with Crippen LogP contribution in [0.4, 0.5) is 0 Å². The highest BCUT2D eigenvalue weighted by molar-refractivity contribution is 5.77. The fourth-order valence-electron chi connectivity index (χ4n) is 5.62. The predicted molar refractivity (Wildman–Crippen MR) is 96.7 cm³/mol. The van der Waals surface area contributed by atoms with E-state index < -0.39 is 0 Å². The maximum Gasteiger partial charge on any atom is 0.244 e. The molecule has 0 unspecified atom stereocenters. The van der Waals surface area contributed by atoms with Crippen LogP contribution in [-0.4, -0.2) is 74.4 Å². The van der Waals surface area contributed by atoms with Crippen molar-refractivity contribution in [2.24, 2.45) is 5.92 Å². The molecule has 1 aromatic heterocycles. The third kappa shape index (κ3) is 2.42. The van der Waals surface area contributed by atoms with Gasteiger partial charge in [-0.15, -0.1) is 5.10 Å². The van der Waals surface area contributed by atoms with E-state index in [1.807, 2.05) is 6.07 Å². The Morgan fingerprint density at radius 1 is 1.14 bits per heavy atom. The molecule has 28 heavy (non-hydrogen) atoms. The van der Waals surface area contributed by atoms with E-state index in [0.29, 0.717) is 12.0 Å². The van der Waals surface area contributed by atoms with Gasteiger partial charge in [-0.3, -0.25) is 9.69 Å². The molecule has 4 fully saturated rings. The van der Waals surface area contributed by atoms with Gasteiger partial charge in [0.25, 0.3) is 0 Å². The van der Waals surface area contributed by atoms with Crippen molar-refractivity contribution in [3.8, 4) is 11.5 Å². The third-order valence-electron chi connectivity index (χ3n) is 6.83. The SMILES string of the molecule is O=C(Cn1cnnn1)N1C[C@H](c2ccc3c(c2)OCO3)[C@@H]2[C@H]1C1CCN2CC1. The first-order valence-corrected chi connectivity index (χ1v) is 9.92. The number of aromatic nitrogens is 4. The Morgan fingerprint density at radius 3 is 2.82 bits per heavy atom. The molecule has 5 aliphatic heterocycles. The molecule has 0 spiro atoms. The summed E-state index contributed by atoms with van der Waals surface area (Å²) >= 11 is 0. The molecular formula is C19H22N6O3. The van der Waals surface area contributed by atoms with Crippen LogP contribution < -0.4 is 9.47 Å². The zero-order chi connectivity index (χ0) is 18.7. The molecule has 6 heterocycles. The van der Waals surface area contributed by atoms with Crippen LogP contribution in [0.5, 0.6) is 11.5 Å². The molecule has 1 amide bonds. The Morgan fingerprint density at radius 2 is 2.00 bits per heavy atom. The van der Waals surface area contributed by atoms with E-state index in [2.05, 4.69) is 37.5 Å². The van der Waals surface area contributed by atoms with Crippen molar-refractivity contribution in [2.75, 3.05) is 26.4 Å². The van der Waals surface area contributed by atoms with E-state index in [0.717, 1.165) is 31.1 Å². The summed E-state index contributed by atoms with van der Waals surface area (Å²) < 4.78 is 12.6. The second-order valence-corrected chi connectivity index (χ2v) is 8.13. The van der Waals surface area contributed by atoms with Crippen molar-refractivity contribution >= 4 is 5.91 Å². The first kappa shape index (κ1) is 16.3. The van der Waals surface area contributed by atoms with Crippen molar-refractivity contribution < 1.29 is 14.3 Å². The lowest BCUT2D eigenvalue weighted by molar-refractivity contribution is -0.136. The highest BCUT2D eigenvalue weighted by atomic mass is 16.7. The van der Waals surface area contributed by atoms with E-state index in [9.17, 15) is 4.79 Å². The number of tetrazole rings is 1. The fraction of sp³-hybridized carbons (Fsp3) is 0.579. The standard InChI is InChI=1S/C19H22N6O3/c26-17(9-24-10-20-21-22-24)25-8-14(13-1-2-15-16(7-13)28-11-27-15)19-18(25)12-3-5-23(19)6-4-12/h1-2,7,10,12,14,18-19H,3-6,8-9,11H2/t14-,18-,19-/m1/s1. The van der Waals surface area contributed by atoms with Gasteiger partial charge in [0.15, 0.2) is 11.5 Å². The summed E-state index contributed by atoms with van der Waals surface area (Å²) in [5.74, 6) is 2.56. The van der Waals surface area contributed by atoms with Crippen molar-refractivity contribution in [2.45, 2.75) is 37.4 Å². The van der Waals surface area contributed by atoms with Crippen LogP contribution >= 0.6 is 0 Å². The molecular weight excluding hydrogens is 360 g/mol. The molecule has 2 aromatic rings. The lowest BCUT2D eigenvalue weighted by atomic mass is 9.75. The number of carbonyl (C=O) groups is 1. The van der Waals surface area contributed by atoms with Crippen LogP contribution in [0.1, 0.15) is 24.3 Å². The number of ether oxygens (including phenoxy) is 2. The molecule has 146 valence electrons. The number of fused-ring (bicyclic) bond motifs is 3. The summed E-state index contributed by atoms with van der Waals surface area (Å²) in [7, 11) is 0. The molecule has 0 saturated carbocycles. The summed E-state index contributed by atoms with van der Waals surface area (Å²) in [6.07, 6.45) is 3.84.